The molecule has 1 N–H and O–H groups in total. The third-order valence-corrected chi connectivity index (χ3v) is 4.46. The molecule has 0 atom stereocenters. The number of imidazole rings is 1. The molecule has 2 amide bonds. The predicted octanol–water partition coefficient (Wildman–Crippen LogP) is 2.48. The van der Waals surface area contributed by atoms with Gasteiger partial charge in [-0.05, 0) is 17.7 Å². The van der Waals surface area contributed by atoms with Gasteiger partial charge >= 0.3 is 0 Å². The summed E-state index contributed by atoms with van der Waals surface area (Å²) < 4.78 is 1.89. The summed E-state index contributed by atoms with van der Waals surface area (Å²) in [5, 5.41) is 3.85. The number of carbonyl (C=O) groups is 2. The number of hydrogen-bond donors (Lipinski definition) is 1. The summed E-state index contributed by atoms with van der Waals surface area (Å²) in [5.41, 5.74) is 4.44. The number of carbonyl (C=O) groups excluding carboxylic acids is 2. The van der Waals surface area contributed by atoms with Crippen LogP contribution in [0.2, 0.25) is 5.02 Å². The second-order valence-electron chi connectivity index (χ2n) is 4.82. The molecule has 1 fully saturated rings. The molecule has 0 saturated carbocycles. The number of amides is 2. The summed E-state index contributed by atoms with van der Waals surface area (Å²) in [5.74, 6) is -0.207. The van der Waals surface area contributed by atoms with Crippen molar-refractivity contribution in [1.29, 1.82) is 0 Å². The zero-order valence-electron chi connectivity index (χ0n) is 11.1. The third-order valence-electron chi connectivity index (χ3n) is 3.36. The SMILES string of the molecule is O=C1CC(=O)N(c2cn3c(-c4ccc(Cl)cc4)csc3n2)N1. The van der Waals surface area contributed by atoms with Crippen LogP contribution in [0.5, 0.6) is 0 Å². The van der Waals surface area contributed by atoms with Crippen LogP contribution in [0.15, 0.2) is 35.8 Å². The molecule has 0 radical (unpaired) electrons. The number of anilines is 1. The first-order valence-corrected chi connectivity index (χ1v) is 7.72. The molecule has 1 aromatic carbocycles. The van der Waals surface area contributed by atoms with Gasteiger partial charge in [0.05, 0.1) is 11.9 Å². The average molecular weight is 333 g/mol. The molecule has 6 nitrogen and oxygen atoms in total. The molecule has 8 heteroatoms. The van der Waals surface area contributed by atoms with Crippen LogP contribution in [0.1, 0.15) is 6.42 Å². The van der Waals surface area contributed by atoms with E-state index < -0.39 is 0 Å². The van der Waals surface area contributed by atoms with Crippen molar-refractivity contribution < 1.29 is 9.59 Å². The van der Waals surface area contributed by atoms with Crippen LogP contribution in [0.3, 0.4) is 0 Å². The maximum Gasteiger partial charge on any atom is 0.256 e. The second-order valence-corrected chi connectivity index (χ2v) is 6.09. The van der Waals surface area contributed by atoms with Crippen LogP contribution in [0, 0.1) is 0 Å². The van der Waals surface area contributed by atoms with Crippen molar-refractivity contribution in [3.63, 3.8) is 0 Å². The van der Waals surface area contributed by atoms with E-state index in [1.807, 2.05) is 34.0 Å². The van der Waals surface area contributed by atoms with Crippen LogP contribution in [-0.4, -0.2) is 21.2 Å². The highest BCUT2D eigenvalue weighted by atomic mass is 35.5. The van der Waals surface area contributed by atoms with Gasteiger partial charge in [0, 0.05) is 10.4 Å². The highest BCUT2D eigenvalue weighted by Gasteiger charge is 2.30. The highest BCUT2D eigenvalue weighted by molar-refractivity contribution is 7.15. The van der Waals surface area contributed by atoms with Crippen LogP contribution in [-0.2, 0) is 9.59 Å². The van der Waals surface area contributed by atoms with Gasteiger partial charge in [0.25, 0.3) is 5.91 Å². The molecule has 0 unspecified atom stereocenters. The lowest BCUT2D eigenvalue weighted by Crippen LogP contribution is -2.36. The van der Waals surface area contributed by atoms with Gasteiger partial charge in [0.1, 0.15) is 6.42 Å². The minimum absolute atomic E-state index is 0.144. The van der Waals surface area contributed by atoms with Gasteiger partial charge in [0.2, 0.25) is 5.91 Å². The van der Waals surface area contributed by atoms with E-state index in [-0.39, 0.29) is 18.2 Å². The van der Waals surface area contributed by atoms with Gasteiger partial charge in [0.15, 0.2) is 10.8 Å². The van der Waals surface area contributed by atoms with Crippen LogP contribution in [0.4, 0.5) is 5.82 Å². The van der Waals surface area contributed by atoms with E-state index in [1.54, 1.807) is 6.20 Å². The number of hydrazine groups is 1. The molecule has 2 aromatic heterocycles. The number of fused-ring (bicyclic) bond motifs is 1. The number of nitrogens with zero attached hydrogens (tertiary/aromatic N) is 3. The predicted molar refractivity (Wildman–Crippen MR) is 83.8 cm³/mol. The average Bonchev–Trinajstić information content (AvgIpc) is 3.13. The highest BCUT2D eigenvalue weighted by Crippen LogP contribution is 2.29. The molecule has 0 bridgehead atoms. The molecule has 1 aliphatic rings. The lowest BCUT2D eigenvalue weighted by molar-refractivity contribution is -0.122. The van der Waals surface area contributed by atoms with Crippen molar-refractivity contribution in [2.75, 3.05) is 5.01 Å². The Kier molecular flexibility index (Phi) is 2.91. The third kappa shape index (κ3) is 2.06. The quantitative estimate of drug-likeness (QED) is 0.733. The largest absolute Gasteiger partial charge is 0.288 e. The summed E-state index contributed by atoms with van der Waals surface area (Å²) in [7, 11) is 0. The Balaban J connectivity index is 1.78. The fourth-order valence-electron chi connectivity index (χ4n) is 2.34. The lowest BCUT2D eigenvalue weighted by Gasteiger charge is -2.10. The Hall–Kier alpha value is -2.38. The molecule has 110 valence electrons. The number of rotatable bonds is 2. The molecular formula is C14H9ClN4O2S. The zero-order valence-corrected chi connectivity index (χ0v) is 12.7. The van der Waals surface area contributed by atoms with Gasteiger partial charge < -0.3 is 0 Å². The first-order chi connectivity index (χ1) is 10.6. The number of aromatic nitrogens is 2. The summed E-state index contributed by atoms with van der Waals surface area (Å²) in [6.07, 6.45) is 1.59. The molecule has 3 aromatic rings. The van der Waals surface area contributed by atoms with E-state index in [0.29, 0.717) is 10.8 Å². The summed E-state index contributed by atoms with van der Waals surface area (Å²) in [6.45, 7) is 0. The van der Waals surface area contributed by atoms with Crippen molar-refractivity contribution in [2.24, 2.45) is 0 Å². The number of halogens is 1. The molecule has 1 saturated heterocycles. The van der Waals surface area contributed by atoms with Crippen LogP contribution >= 0.6 is 22.9 Å². The monoisotopic (exact) mass is 332 g/mol. The van der Waals surface area contributed by atoms with Gasteiger partial charge in [-0.1, -0.05) is 23.7 Å². The van der Waals surface area contributed by atoms with Crippen molar-refractivity contribution >= 4 is 45.5 Å². The van der Waals surface area contributed by atoms with Gasteiger partial charge in [-0.2, -0.15) is 4.98 Å². The zero-order chi connectivity index (χ0) is 15.3. The fourth-order valence-corrected chi connectivity index (χ4v) is 3.34. The molecule has 4 rings (SSSR count). The van der Waals surface area contributed by atoms with E-state index in [1.165, 1.54) is 16.3 Å². The Morgan fingerprint density at radius 3 is 2.68 bits per heavy atom. The number of benzene rings is 1. The Labute approximate surface area is 133 Å². The van der Waals surface area contributed by atoms with Crippen LogP contribution in [0.25, 0.3) is 16.2 Å². The van der Waals surface area contributed by atoms with E-state index >= 15 is 0 Å². The van der Waals surface area contributed by atoms with E-state index in [0.717, 1.165) is 16.2 Å². The summed E-state index contributed by atoms with van der Waals surface area (Å²) in [4.78, 5) is 28.2. The van der Waals surface area contributed by atoms with E-state index in [9.17, 15) is 9.59 Å². The number of hydrogen-bond acceptors (Lipinski definition) is 4. The maximum absolute atomic E-state index is 11.8. The van der Waals surface area contributed by atoms with Gasteiger partial charge in [-0.15, -0.1) is 11.3 Å². The van der Waals surface area contributed by atoms with E-state index in [2.05, 4.69) is 10.4 Å². The Morgan fingerprint density at radius 1 is 1.23 bits per heavy atom. The first kappa shape index (κ1) is 13.3. The van der Waals surface area contributed by atoms with Crippen molar-refractivity contribution in [3.05, 3.63) is 40.9 Å². The molecule has 3 heterocycles. The number of nitrogens with one attached hydrogen (secondary N) is 1. The second kappa shape index (κ2) is 4.82. The topological polar surface area (TPSA) is 66.7 Å². The molecule has 0 aliphatic carbocycles. The Morgan fingerprint density at radius 2 is 2.00 bits per heavy atom. The van der Waals surface area contributed by atoms with Gasteiger partial charge in [-0.25, -0.2) is 5.01 Å². The summed E-state index contributed by atoms with van der Waals surface area (Å²) >= 11 is 7.37. The minimum Gasteiger partial charge on any atom is -0.288 e. The smallest absolute Gasteiger partial charge is 0.256 e. The summed E-state index contributed by atoms with van der Waals surface area (Å²) in [6, 6.07) is 7.49. The minimum atomic E-state index is -0.320. The van der Waals surface area contributed by atoms with Gasteiger partial charge in [-0.3, -0.25) is 19.4 Å². The van der Waals surface area contributed by atoms with Crippen molar-refractivity contribution in [3.8, 4) is 11.3 Å². The molecule has 0 spiro atoms. The molecule has 1 aliphatic heterocycles. The molecular weight excluding hydrogens is 324 g/mol. The lowest BCUT2D eigenvalue weighted by atomic mass is 10.2. The normalized spacial score (nSPS) is 14.9. The van der Waals surface area contributed by atoms with Crippen LogP contribution < -0.4 is 10.4 Å². The maximum atomic E-state index is 11.8. The van der Waals surface area contributed by atoms with Crippen molar-refractivity contribution in [2.45, 2.75) is 6.42 Å². The Bertz CT molecular complexity index is 899. The first-order valence-electron chi connectivity index (χ1n) is 6.47. The number of thiazole rings is 1. The molecule has 22 heavy (non-hydrogen) atoms. The standard InChI is InChI=1S/C14H9ClN4O2S/c15-9-3-1-8(2-4-9)10-7-22-14-16-11(6-18(10)14)19-13(21)5-12(20)17-19/h1-4,6-7H,5H2,(H,17,20). The van der Waals surface area contributed by atoms with Crippen molar-refractivity contribution in [1.82, 2.24) is 14.8 Å². The van der Waals surface area contributed by atoms with E-state index in [4.69, 9.17) is 11.6 Å². The fraction of sp³-hybridized carbons (Fsp3) is 0.0714.